The third kappa shape index (κ3) is 6.21. The number of hydrogen-bond donors (Lipinski definition) is 1. The zero-order valence-electron chi connectivity index (χ0n) is 21.9. The minimum Gasteiger partial charge on any atom is -0.497 e. The van der Waals surface area contributed by atoms with Crippen LogP contribution >= 0.6 is 0 Å². The molecule has 5 rings (SSSR count). The number of anilines is 1. The maximum Gasteiger partial charge on any atom is 0.251 e. The van der Waals surface area contributed by atoms with E-state index in [-0.39, 0.29) is 31.6 Å². The van der Waals surface area contributed by atoms with Gasteiger partial charge in [-0.15, -0.1) is 0 Å². The Morgan fingerprint density at radius 1 is 0.872 bits per heavy atom. The summed E-state index contributed by atoms with van der Waals surface area (Å²) >= 11 is 0. The summed E-state index contributed by atoms with van der Waals surface area (Å²) in [6.07, 6.45) is 0.156. The molecule has 0 saturated carbocycles. The number of amides is 2. The second-order valence-electron chi connectivity index (χ2n) is 9.40. The minimum absolute atomic E-state index is 0.113. The highest BCUT2D eigenvalue weighted by atomic mass is 16.7. The summed E-state index contributed by atoms with van der Waals surface area (Å²) in [7, 11) is 1.59. The van der Waals surface area contributed by atoms with E-state index in [0.29, 0.717) is 28.5 Å². The number of fused-ring (bicyclic) bond motifs is 1. The zero-order chi connectivity index (χ0) is 27.2. The molecule has 0 aromatic heterocycles. The Morgan fingerprint density at radius 2 is 1.59 bits per heavy atom. The first-order chi connectivity index (χ1) is 19.0. The maximum absolute atomic E-state index is 14.0. The number of benzene rings is 4. The van der Waals surface area contributed by atoms with E-state index in [0.717, 1.165) is 16.7 Å². The van der Waals surface area contributed by atoms with Crippen LogP contribution in [-0.4, -0.2) is 30.6 Å². The molecule has 2 amide bonds. The van der Waals surface area contributed by atoms with Crippen molar-refractivity contribution in [1.29, 1.82) is 0 Å². The van der Waals surface area contributed by atoms with E-state index < -0.39 is 6.04 Å². The van der Waals surface area contributed by atoms with E-state index in [4.69, 9.17) is 14.2 Å². The van der Waals surface area contributed by atoms with E-state index in [1.165, 1.54) is 0 Å². The fraction of sp³-hybridized carbons (Fsp3) is 0.188. The Morgan fingerprint density at radius 3 is 2.31 bits per heavy atom. The highest BCUT2D eigenvalue weighted by Crippen LogP contribution is 2.36. The average Bonchev–Trinajstić information content (AvgIpc) is 3.43. The van der Waals surface area contributed by atoms with Crippen LogP contribution < -0.4 is 19.5 Å². The lowest BCUT2D eigenvalue weighted by atomic mass is 10.0. The summed E-state index contributed by atoms with van der Waals surface area (Å²) in [5.74, 6) is 1.32. The lowest BCUT2D eigenvalue weighted by Gasteiger charge is -2.32. The number of ether oxygens (including phenoxy) is 3. The second-order valence-corrected chi connectivity index (χ2v) is 9.40. The van der Waals surface area contributed by atoms with E-state index >= 15 is 0 Å². The van der Waals surface area contributed by atoms with E-state index in [1.807, 2.05) is 67.6 Å². The molecule has 0 aliphatic carbocycles. The molecule has 4 aromatic carbocycles. The van der Waals surface area contributed by atoms with Gasteiger partial charge in [0, 0.05) is 12.2 Å². The van der Waals surface area contributed by atoms with Gasteiger partial charge in [-0.2, -0.15) is 0 Å². The molecule has 1 heterocycles. The molecule has 1 N–H and O–H groups in total. The van der Waals surface area contributed by atoms with Crippen LogP contribution in [0.15, 0.2) is 97.1 Å². The average molecular weight is 523 g/mol. The maximum atomic E-state index is 14.0. The van der Waals surface area contributed by atoms with Crippen molar-refractivity contribution in [1.82, 2.24) is 4.90 Å². The molecule has 1 aliphatic rings. The van der Waals surface area contributed by atoms with Crippen molar-refractivity contribution in [2.75, 3.05) is 19.2 Å². The number of aryl methyl sites for hydroxylation is 1. The molecule has 7 heteroatoms. The summed E-state index contributed by atoms with van der Waals surface area (Å²) < 4.78 is 16.3. The van der Waals surface area contributed by atoms with Gasteiger partial charge in [-0.1, -0.05) is 66.2 Å². The monoisotopic (exact) mass is 522 g/mol. The van der Waals surface area contributed by atoms with Gasteiger partial charge >= 0.3 is 0 Å². The van der Waals surface area contributed by atoms with Gasteiger partial charge in [0.1, 0.15) is 11.8 Å². The third-order valence-corrected chi connectivity index (χ3v) is 6.62. The first kappa shape index (κ1) is 25.9. The molecule has 39 heavy (non-hydrogen) atoms. The first-order valence-corrected chi connectivity index (χ1v) is 12.7. The Labute approximate surface area is 227 Å². The first-order valence-electron chi connectivity index (χ1n) is 12.7. The molecule has 1 unspecified atom stereocenters. The largest absolute Gasteiger partial charge is 0.497 e. The molecule has 198 valence electrons. The van der Waals surface area contributed by atoms with Crippen LogP contribution in [0.25, 0.3) is 0 Å². The predicted octanol–water partition coefficient (Wildman–Crippen LogP) is 5.68. The molecule has 0 spiro atoms. The van der Waals surface area contributed by atoms with Crippen LogP contribution in [-0.2, 0) is 22.6 Å². The summed E-state index contributed by atoms with van der Waals surface area (Å²) in [6, 6.07) is 29.0. The smallest absolute Gasteiger partial charge is 0.251 e. The van der Waals surface area contributed by atoms with Crippen molar-refractivity contribution >= 4 is 17.5 Å². The Kier molecular flexibility index (Phi) is 7.78. The van der Waals surface area contributed by atoms with Crippen molar-refractivity contribution in [2.24, 2.45) is 0 Å². The second kappa shape index (κ2) is 11.7. The molecule has 4 aromatic rings. The van der Waals surface area contributed by atoms with Crippen LogP contribution in [0.4, 0.5) is 5.69 Å². The van der Waals surface area contributed by atoms with Gasteiger partial charge in [0.05, 0.1) is 13.5 Å². The highest BCUT2D eigenvalue weighted by Gasteiger charge is 2.33. The molecular formula is C32H30N2O5. The molecular weight excluding hydrogens is 492 g/mol. The number of carbonyl (C=O) groups excluding carboxylic acids is 2. The summed E-state index contributed by atoms with van der Waals surface area (Å²) in [5.41, 5.74) is 4.13. The number of methoxy groups -OCH3 is 1. The highest BCUT2D eigenvalue weighted by molar-refractivity contribution is 5.98. The van der Waals surface area contributed by atoms with E-state index in [2.05, 4.69) is 5.32 Å². The Hall–Kier alpha value is -4.78. The van der Waals surface area contributed by atoms with Gasteiger partial charge in [0.15, 0.2) is 11.5 Å². The fourth-order valence-corrected chi connectivity index (χ4v) is 4.53. The van der Waals surface area contributed by atoms with Gasteiger partial charge in [-0.05, 0) is 60.0 Å². The molecule has 7 nitrogen and oxygen atoms in total. The standard InChI is InChI=1S/C32H30N2O5/c1-22-8-10-24(11-9-22)20-34(30(35)18-23-6-4-3-5-7-23)31(25-12-17-28-29(19-25)39-21-38-28)32(36)33-26-13-15-27(37-2)16-14-26/h3-17,19,31H,18,20-21H2,1-2H3,(H,33,36). The van der Waals surface area contributed by atoms with Crippen molar-refractivity contribution in [3.05, 3.63) is 119 Å². The lowest BCUT2D eigenvalue weighted by Crippen LogP contribution is -2.41. The summed E-state index contributed by atoms with van der Waals surface area (Å²) in [4.78, 5) is 29.6. The molecule has 0 radical (unpaired) electrons. The van der Waals surface area contributed by atoms with Gasteiger partial charge in [0.2, 0.25) is 12.7 Å². The van der Waals surface area contributed by atoms with Crippen molar-refractivity contribution in [2.45, 2.75) is 25.9 Å². The lowest BCUT2D eigenvalue weighted by molar-refractivity contribution is -0.139. The number of carbonyl (C=O) groups is 2. The summed E-state index contributed by atoms with van der Waals surface area (Å²) in [6.45, 7) is 2.38. The predicted molar refractivity (Wildman–Crippen MR) is 149 cm³/mol. The number of hydrogen-bond acceptors (Lipinski definition) is 5. The van der Waals surface area contributed by atoms with E-state index in [1.54, 1.807) is 48.4 Å². The summed E-state index contributed by atoms with van der Waals surface area (Å²) in [5, 5.41) is 2.99. The van der Waals surface area contributed by atoms with Gasteiger partial charge in [-0.25, -0.2) is 0 Å². The number of rotatable bonds is 9. The van der Waals surface area contributed by atoms with Crippen molar-refractivity contribution < 1.29 is 23.8 Å². The van der Waals surface area contributed by atoms with Crippen LogP contribution in [0.5, 0.6) is 17.2 Å². The Balaban J connectivity index is 1.54. The van der Waals surface area contributed by atoms with Gasteiger partial charge < -0.3 is 24.4 Å². The van der Waals surface area contributed by atoms with Gasteiger partial charge in [-0.3, -0.25) is 9.59 Å². The number of nitrogens with one attached hydrogen (secondary N) is 1. The van der Waals surface area contributed by atoms with Crippen LogP contribution in [0.2, 0.25) is 0 Å². The van der Waals surface area contributed by atoms with Gasteiger partial charge in [0.25, 0.3) is 5.91 Å². The quantitative estimate of drug-likeness (QED) is 0.306. The molecule has 0 fully saturated rings. The minimum atomic E-state index is -0.931. The SMILES string of the molecule is COc1ccc(NC(=O)C(c2ccc3c(c2)OCO3)N(Cc2ccc(C)cc2)C(=O)Cc2ccccc2)cc1. The van der Waals surface area contributed by atoms with Crippen LogP contribution in [0.3, 0.4) is 0 Å². The number of nitrogens with zero attached hydrogens (tertiary/aromatic N) is 1. The fourth-order valence-electron chi connectivity index (χ4n) is 4.53. The molecule has 0 saturated heterocycles. The molecule has 1 atom stereocenters. The van der Waals surface area contributed by atoms with Crippen molar-refractivity contribution in [3.8, 4) is 17.2 Å². The zero-order valence-corrected chi connectivity index (χ0v) is 21.9. The third-order valence-electron chi connectivity index (χ3n) is 6.62. The molecule has 0 bridgehead atoms. The van der Waals surface area contributed by atoms with Crippen LogP contribution in [0, 0.1) is 6.92 Å². The topological polar surface area (TPSA) is 77.1 Å². The van der Waals surface area contributed by atoms with E-state index in [9.17, 15) is 9.59 Å². The van der Waals surface area contributed by atoms with Crippen molar-refractivity contribution in [3.63, 3.8) is 0 Å². The normalized spacial score (nSPS) is 12.5. The molecule has 1 aliphatic heterocycles. The Bertz CT molecular complexity index is 1440. The van der Waals surface area contributed by atoms with Crippen LogP contribution in [0.1, 0.15) is 28.3 Å².